The minimum absolute atomic E-state index is 0.449. The van der Waals surface area contributed by atoms with Gasteiger partial charge in [-0.2, -0.15) is 0 Å². The monoisotopic (exact) mass is 238 g/mol. The average molecular weight is 238 g/mol. The van der Waals surface area contributed by atoms with E-state index in [-0.39, 0.29) is 0 Å². The maximum atomic E-state index is 5.88. The van der Waals surface area contributed by atoms with Crippen LogP contribution in [0.2, 0.25) is 0 Å². The van der Waals surface area contributed by atoms with E-state index in [0.717, 1.165) is 13.1 Å². The third-order valence-electron chi connectivity index (χ3n) is 3.77. The third-order valence-corrected chi connectivity index (χ3v) is 4.71. The van der Waals surface area contributed by atoms with E-state index in [4.69, 9.17) is 5.73 Å². The molecule has 0 amide bonds. The summed E-state index contributed by atoms with van der Waals surface area (Å²) in [5.74, 6) is 0. The Kier molecular flexibility index (Phi) is 4.00. The number of likely N-dealkylation sites (N-methyl/N-ethyl adjacent to an activating group) is 1. The maximum Gasteiger partial charge on any atom is 0.00579 e. The molecule has 0 atom stereocenters. The van der Waals surface area contributed by atoms with Gasteiger partial charge in [-0.1, -0.05) is 12.5 Å². The highest BCUT2D eigenvalue weighted by atomic mass is 32.1. The summed E-state index contributed by atoms with van der Waals surface area (Å²) >= 11 is 1.86. The van der Waals surface area contributed by atoms with Gasteiger partial charge in [0.1, 0.15) is 0 Å². The van der Waals surface area contributed by atoms with Crippen LogP contribution < -0.4 is 5.73 Å². The fourth-order valence-corrected chi connectivity index (χ4v) is 3.21. The van der Waals surface area contributed by atoms with Gasteiger partial charge in [-0.3, -0.25) is 0 Å². The zero-order valence-corrected chi connectivity index (χ0v) is 10.9. The van der Waals surface area contributed by atoms with Gasteiger partial charge in [-0.25, -0.2) is 0 Å². The van der Waals surface area contributed by atoms with Crippen molar-refractivity contribution in [2.45, 2.75) is 25.7 Å². The van der Waals surface area contributed by atoms with E-state index < -0.39 is 0 Å². The predicted octanol–water partition coefficient (Wildman–Crippen LogP) is 2.35. The minimum Gasteiger partial charge on any atom is -0.330 e. The highest BCUT2D eigenvalue weighted by Gasteiger charge is 2.36. The Labute approximate surface area is 102 Å². The molecule has 1 aliphatic rings. The second-order valence-electron chi connectivity index (χ2n) is 5.12. The maximum absolute atomic E-state index is 5.88. The quantitative estimate of drug-likeness (QED) is 0.824. The van der Waals surface area contributed by atoms with Crippen molar-refractivity contribution in [3.63, 3.8) is 0 Å². The van der Waals surface area contributed by atoms with Crippen molar-refractivity contribution in [3.8, 4) is 0 Å². The molecule has 1 aliphatic carbocycles. The summed E-state index contributed by atoms with van der Waals surface area (Å²) in [6.45, 7) is 3.19. The molecular weight excluding hydrogens is 216 g/mol. The molecule has 2 rings (SSSR count). The molecule has 16 heavy (non-hydrogen) atoms. The van der Waals surface area contributed by atoms with Crippen LogP contribution in [0.4, 0.5) is 0 Å². The summed E-state index contributed by atoms with van der Waals surface area (Å²) in [6.07, 6.45) is 5.20. The van der Waals surface area contributed by atoms with Gasteiger partial charge in [0.15, 0.2) is 0 Å². The lowest BCUT2D eigenvalue weighted by atomic mass is 9.68. The first-order valence-electron chi connectivity index (χ1n) is 6.15. The van der Waals surface area contributed by atoms with Crippen LogP contribution in [-0.2, 0) is 6.42 Å². The molecule has 1 saturated carbocycles. The molecule has 1 fully saturated rings. The Morgan fingerprint density at radius 3 is 2.81 bits per heavy atom. The Morgan fingerprint density at radius 1 is 1.50 bits per heavy atom. The lowest BCUT2D eigenvalue weighted by Crippen LogP contribution is -2.46. The van der Waals surface area contributed by atoms with E-state index in [1.807, 2.05) is 11.3 Å². The van der Waals surface area contributed by atoms with Crippen molar-refractivity contribution in [2.75, 3.05) is 26.7 Å². The van der Waals surface area contributed by atoms with Crippen molar-refractivity contribution in [2.24, 2.45) is 11.1 Å². The van der Waals surface area contributed by atoms with E-state index >= 15 is 0 Å². The van der Waals surface area contributed by atoms with E-state index in [9.17, 15) is 0 Å². The molecule has 3 heteroatoms. The van der Waals surface area contributed by atoms with Crippen LogP contribution in [0.25, 0.3) is 0 Å². The first kappa shape index (κ1) is 12.1. The smallest absolute Gasteiger partial charge is 0.00579 e. The highest BCUT2D eigenvalue weighted by Crippen LogP contribution is 2.40. The van der Waals surface area contributed by atoms with Gasteiger partial charge in [0.05, 0.1) is 0 Å². The number of hydrogen-bond acceptors (Lipinski definition) is 3. The third kappa shape index (κ3) is 2.84. The second-order valence-corrected chi connectivity index (χ2v) is 6.16. The highest BCUT2D eigenvalue weighted by molar-refractivity contribution is 7.09. The zero-order valence-electron chi connectivity index (χ0n) is 10.1. The molecule has 1 heterocycles. The second kappa shape index (κ2) is 5.30. The number of thiophene rings is 1. The van der Waals surface area contributed by atoms with E-state index in [2.05, 4.69) is 29.5 Å². The summed E-state index contributed by atoms with van der Waals surface area (Å²) < 4.78 is 0. The minimum atomic E-state index is 0.449. The van der Waals surface area contributed by atoms with Crippen LogP contribution in [0.1, 0.15) is 24.1 Å². The van der Waals surface area contributed by atoms with E-state index in [1.165, 1.54) is 37.1 Å². The van der Waals surface area contributed by atoms with Crippen LogP contribution in [-0.4, -0.2) is 31.6 Å². The van der Waals surface area contributed by atoms with Gasteiger partial charge in [0.2, 0.25) is 0 Å². The van der Waals surface area contributed by atoms with E-state index in [1.54, 1.807) is 0 Å². The Bertz CT molecular complexity index is 298. The van der Waals surface area contributed by atoms with Gasteiger partial charge in [0.25, 0.3) is 0 Å². The van der Waals surface area contributed by atoms with Gasteiger partial charge >= 0.3 is 0 Å². The summed E-state index contributed by atoms with van der Waals surface area (Å²) in [6, 6.07) is 4.36. The standard InChI is InChI=1S/C13H22N2S/c1-15(8-5-12-4-2-9-16-12)11-13(10-14)6-3-7-13/h2,4,9H,3,5-8,10-11,14H2,1H3. The predicted molar refractivity (Wildman–Crippen MR) is 70.9 cm³/mol. The fraction of sp³-hybridized carbons (Fsp3) is 0.692. The lowest BCUT2D eigenvalue weighted by molar-refractivity contribution is 0.0883. The molecule has 0 aromatic carbocycles. The largest absolute Gasteiger partial charge is 0.330 e. The SMILES string of the molecule is CN(CCc1cccs1)CC1(CN)CCC1. The molecule has 0 spiro atoms. The molecule has 0 saturated heterocycles. The Balaban J connectivity index is 1.73. The average Bonchev–Trinajstić information content (AvgIpc) is 2.73. The Hall–Kier alpha value is -0.380. The summed E-state index contributed by atoms with van der Waals surface area (Å²) in [4.78, 5) is 3.94. The van der Waals surface area contributed by atoms with Crippen molar-refractivity contribution >= 4 is 11.3 Å². The first-order chi connectivity index (χ1) is 7.74. The molecule has 0 bridgehead atoms. The molecule has 90 valence electrons. The van der Waals surface area contributed by atoms with Gasteiger partial charge in [-0.05, 0) is 49.7 Å². The number of nitrogens with two attached hydrogens (primary N) is 1. The summed E-state index contributed by atoms with van der Waals surface area (Å²) in [5.41, 5.74) is 6.33. The molecule has 2 nitrogen and oxygen atoms in total. The van der Waals surface area contributed by atoms with Crippen molar-refractivity contribution in [3.05, 3.63) is 22.4 Å². The normalized spacial score (nSPS) is 18.7. The molecule has 1 aromatic heterocycles. The molecule has 1 aromatic rings. The summed E-state index contributed by atoms with van der Waals surface area (Å²) in [5, 5.41) is 2.16. The van der Waals surface area contributed by atoms with Crippen LogP contribution >= 0.6 is 11.3 Å². The van der Waals surface area contributed by atoms with Crippen molar-refractivity contribution in [1.29, 1.82) is 0 Å². The number of hydrogen-bond donors (Lipinski definition) is 1. The molecule has 0 unspecified atom stereocenters. The van der Waals surface area contributed by atoms with Gasteiger partial charge in [-0.15, -0.1) is 11.3 Å². The zero-order chi connectivity index (χ0) is 11.4. The van der Waals surface area contributed by atoms with Crippen LogP contribution in [0.3, 0.4) is 0 Å². The van der Waals surface area contributed by atoms with Crippen molar-refractivity contribution < 1.29 is 0 Å². The lowest BCUT2D eigenvalue weighted by Gasteiger charge is -2.43. The fourth-order valence-electron chi connectivity index (χ4n) is 2.51. The number of rotatable bonds is 6. The van der Waals surface area contributed by atoms with Crippen LogP contribution in [0.5, 0.6) is 0 Å². The van der Waals surface area contributed by atoms with Crippen LogP contribution in [0, 0.1) is 5.41 Å². The molecule has 0 aliphatic heterocycles. The van der Waals surface area contributed by atoms with E-state index in [0.29, 0.717) is 5.41 Å². The first-order valence-corrected chi connectivity index (χ1v) is 7.03. The summed E-state index contributed by atoms with van der Waals surface area (Å²) in [7, 11) is 2.23. The molecular formula is C13H22N2S. The van der Waals surface area contributed by atoms with Gasteiger partial charge < -0.3 is 10.6 Å². The number of nitrogens with zero attached hydrogens (tertiary/aromatic N) is 1. The topological polar surface area (TPSA) is 29.3 Å². The van der Waals surface area contributed by atoms with Gasteiger partial charge in [0, 0.05) is 18.0 Å². The molecule has 0 radical (unpaired) electrons. The van der Waals surface area contributed by atoms with Crippen molar-refractivity contribution in [1.82, 2.24) is 4.90 Å². The Morgan fingerprint density at radius 2 is 2.31 bits per heavy atom. The molecule has 2 N–H and O–H groups in total. The van der Waals surface area contributed by atoms with Crippen LogP contribution in [0.15, 0.2) is 17.5 Å².